The SMILES string of the molecule is O=C(CNc1cccc(Cl)c1Cl)Nc1ccc(C(F)(F)F)cc1. The van der Waals surface area contributed by atoms with Gasteiger partial charge in [0.1, 0.15) is 0 Å². The van der Waals surface area contributed by atoms with Gasteiger partial charge in [0.2, 0.25) is 5.91 Å². The Morgan fingerprint density at radius 3 is 2.30 bits per heavy atom. The first-order valence-electron chi connectivity index (χ1n) is 6.42. The summed E-state index contributed by atoms with van der Waals surface area (Å²) >= 11 is 11.8. The predicted octanol–water partition coefficient (Wildman–Crippen LogP) is 5.06. The average Bonchev–Trinajstić information content (AvgIpc) is 2.48. The minimum absolute atomic E-state index is 0.110. The molecular formula is C15H11Cl2F3N2O. The summed E-state index contributed by atoms with van der Waals surface area (Å²) in [4.78, 5) is 11.8. The molecule has 122 valence electrons. The Morgan fingerprint density at radius 2 is 1.70 bits per heavy atom. The Kier molecular flexibility index (Phi) is 5.38. The lowest BCUT2D eigenvalue weighted by atomic mass is 10.2. The second-order valence-corrected chi connectivity index (χ2v) is 5.36. The summed E-state index contributed by atoms with van der Waals surface area (Å²) in [5.74, 6) is -0.430. The molecule has 0 unspecified atom stereocenters. The Hall–Kier alpha value is -1.92. The molecule has 0 aliphatic rings. The summed E-state index contributed by atoms with van der Waals surface area (Å²) in [6, 6.07) is 9.11. The first-order chi connectivity index (χ1) is 10.8. The number of anilines is 2. The Balaban J connectivity index is 1.93. The minimum Gasteiger partial charge on any atom is -0.375 e. The van der Waals surface area contributed by atoms with Crippen LogP contribution in [-0.4, -0.2) is 12.5 Å². The van der Waals surface area contributed by atoms with Crippen molar-refractivity contribution >= 4 is 40.5 Å². The number of alkyl halides is 3. The molecule has 0 aromatic heterocycles. The lowest BCUT2D eigenvalue weighted by Crippen LogP contribution is -2.22. The zero-order valence-electron chi connectivity index (χ0n) is 11.5. The Labute approximate surface area is 140 Å². The summed E-state index contributed by atoms with van der Waals surface area (Å²) in [5, 5.41) is 5.92. The van der Waals surface area contributed by atoms with Gasteiger partial charge in [-0.05, 0) is 36.4 Å². The number of rotatable bonds is 4. The largest absolute Gasteiger partial charge is 0.416 e. The van der Waals surface area contributed by atoms with Crippen molar-refractivity contribution < 1.29 is 18.0 Å². The third-order valence-electron chi connectivity index (χ3n) is 2.89. The number of hydrogen-bond acceptors (Lipinski definition) is 2. The van der Waals surface area contributed by atoms with Gasteiger partial charge >= 0.3 is 6.18 Å². The maximum Gasteiger partial charge on any atom is 0.416 e. The van der Waals surface area contributed by atoms with E-state index in [4.69, 9.17) is 23.2 Å². The molecule has 0 bridgehead atoms. The quantitative estimate of drug-likeness (QED) is 0.797. The molecule has 2 rings (SSSR count). The number of amides is 1. The van der Waals surface area contributed by atoms with Crippen LogP contribution in [0.1, 0.15) is 5.56 Å². The van der Waals surface area contributed by atoms with Gasteiger partial charge in [0, 0.05) is 5.69 Å². The van der Waals surface area contributed by atoms with Gasteiger partial charge in [-0.15, -0.1) is 0 Å². The van der Waals surface area contributed by atoms with Gasteiger partial charge in [-0.25, -0.2) is 0 Å². The Bertz CT molecular complexity index is 703. The van der Waals surface area contributed by atoms with Crippen molar-refractivity contribution in [3.8, 4) is 0 Å². The molecule has 0 saturated heterocycles. The van der Waals surface area contributed by atoms with E-state index >= 15 is 0 Å². The van der Waals surface area contributed by atoms with Crippen LogP contribution in [0.15, 0.2) is 42.5 Å². The van der Waals surface area contributed by atoms with Crippen molar-refractivity contribution in [3.05, 3.63) is 58.1 Å². The topological polar surface area (TPSA) is 41.1 Å². The Morgan fingerprint density at radius 1 is 1.04 bits per heavy atom. The molecule has 3 nitrogen and oxygen atoms in total. The maximum absolute atomic E-state index is 12.4. The number of nitrogens with one attached hydrogen (secondary N) is 2. The van der Waals surface area contributed by atoms with Crippen LogP contribution in [0.4, 0.5) is 24.5 Å². The van der Waals surface area contributed by atoms with Crippen molar-refractivity contribution in [3.63, 3.8) is 0 Å². The van der Waals surface area contributed by atoms with Gasteiger partial charge in [-0.2, -0.15) is 13.2 Å². The first-order valence-corrected chi connectivity index (χ1v) is 7.18. The fraction of sp³-hybridized carbons (Fsp3) is 0.133. The highest BCUT2D eigenvalue weighted by atomic mass is 35.5. The van der Waals surface area contributed by atoms with E-state index in [1.165, 1.54) is 12.1 Å². The predicted molar refractivity (Wildman–Crippen MR) is 85.0 cm³/mol. The van der Waals surface area contributed by atoms with E-state index < -0.39 is 17.6 Å². The van der Waals surface area contributed by atoms with Crippen LogP contribution in [0.5, 0.6) is 0 Å². The van der Waals surface area contributed by atoms with Crippen LogP contribution in [-0.2, 0) is 11.0 Å². The third-order valence-corrected chi connectivity index (χ3v) is 3.71. The number of benzene rings is 2. The van der Waals surface area contributed by atoms with Crippen LogP contribution in [0.25, 0.3) is 0 Å². The summed E-state index contributed by atoms with van der Waals surface area (Å²) < 4.78 is 37.3. The van der Waals surface area contributed by atoms with Crippen molar-refractivity contribution in [2.45, 2.75) is 6.18 Å². The van der Waals surface area contributed by atoms with E-state index in [1.807, 2.05) is 0 Å². The zero-order chi connectivity index (χ0) is 17.0. The van der Waals surface area contributed by atoms with Gasteiger partial charge in [0.25, 0.3) is 0 Å². The second kappa shape index (κ2) is 7.10. The molecule has 0 saturated carbocycles. The van der Waals surface area contributed by atoms with Crippen molar-refractivity contribution in [1.82, 2.24) is 0 Å². The van der Waals surface area contributed by atoms with Crippen LogP contribution < -0.4 is 10.6 Å². The normalized spacial score (nSPS) is 11.2. The molecule has 0 spiro atoms. The molecule has 0 aliphatic heterocycles. The smallest absolute Gasteiger partial charge is 0.375 e. The van der Waals surface area contributed by atoms with Gasteiger partial charge in [-0.1, -0.05) is 29.3 Å². The summed E-state index contributed by atoms with van der Waals surface area (Å²) in [6.45, 7) is -0.110. The number of halogens is 5. The monoisotopic (exact) mass is 362 g/mol. The molecule has 0 fully saturated rings. The molecule has 0 aliphatic carbocycles. The van der Waals surface area contributed by atoms with E-state index in [9.17, 15) is 18.0 Å². The third kappa shape index (κ3) is 4.77. The molecule has 0 radical (unpaired) electrons. The molecule has 23 heavy (non-hydrogen) atoms. The lowest BCUT2D eigenvalue weighted by Gasteiger charge is -2.11. The highest BCUT2D eigenvalue weighted by Crippen LogP contribution is 2.30. The number of carbonyl (C=O) groups is 1. The highest BCUT2D eigenvalue weighted by molar-refractivity contribution is 6.43. The molecule has 1 amide bonds. The van der Waals surface area contributed by atoms with Gasteiger partial charge < -0.3 is 10.6 Å². The van der Waals surface area contributed by atoms with Crippen molar-refractivity contribution in [2.24, 2.45) is 0 Å². The molecule has 2 aromatic rings. The fourth-order valence-corrected chi connectivity index (χ4v) is 2.13. The van der Waals surface area contributed by atoms with Crippen LogP contribution in [0, 0.1) is 0 Å². The van der Waals surface area contributed by atoms with Crippen LogP contribution >= 0.6 is 23.2 Å². The zero-order valence-corrected chi connectivity index (χ0v) is 13.1. The molecule has 2 aromatic carbocycles. The van der Waals surface area contributed by atoms with E-state index in [-0.39, 0.29) is 17.3 Å². The lowest BCUT2D eigenvalue weighted by molar-refractivity contribution is -0.137. The molecule has 2 N–H and O–H groups in total. The van der Waals surface area contributed by atoms with Gasteiger partial charge in [-0.3, -0.25) is 4.79 Å². The number of hydrogen-bond donors (Lipinski definition) is 2. The average molecular weight is 363 g/mol. The summed E-state index contributed by atoms with van der Waals surface area (Å²) in [6.07, 6.45) is -4.41. The van der Waals surface area contributed by atoms with E-state index in [1.54, 1.807) is 18.2 Å². The van der Waals surface area contributed by atoms with Crippen molar-refractivity contribution in [2.75, 3.05) is 17.2 Å². The molecule has 0 heterocycles. The summed E-state index contributed by atoms with van der Waals surface area (Å²) in [5.41, 5.74) is -0.0249. The highest BCUT2D eigenvalue weighted by Gasteiger charge is 2.29. The van der Waals surface area contributed by atoms with Crippen LogP contribution in [0.2, 0.25) is 10.0 Å². The molecular weight excluding hydrogens is 352 g/mol. The molecule has 0 atom stereocenters. The van der Waals surface area contributed by atoms with Crippen molar-refractivity contribution in [1.29, 1.82) is 0 Å². The van der Waals surface area contributed by atoms with Crippen LogP contribution in [0.3, 0.4) is 0 Å². The van der Waals surface area contributed by atoms with E-state index in [0.29, 0.717) is 10.7 Å². The minimum atomic E-state index is -4.41. The van der Waals surface area contributed by atoms with Gasteiger partial charge in [0.05, 0.1) is 27.8 Å². The fourth-order valence-electron chi connectivity index (χ4n) is 1.76. The standard InChI is InChI=1S/C15H11Cl2F3N2O/c16-11-2-1-3-12(14(11)17)21-8-13(23)22-10-6-4-9(5-7-10)15(18,19)20/h1-7,21H,8H2,(H,22,23). The molecule has 8 heteroatoms. The van der Waals surface area contributed by atoms with E-state index in [2.05, 4.69) is 10.6 Å². The number of carbonyl (C=O) groups excluding carboxylic acids is 1. The first kappa shape index (κ1) is 17.4. The summed E-state index contributed by atoms with van der Waals surface area (Å²) in [7, 11) is 0. The second-order valence-electron chi connectivity index (χ2n) is 4.58. The maximum atomic E-state index is 12.4. The van der Waals surface area contributed by atoms with E-state index in [0.717, 1.165) is 12.1 Å². The van der Waals surface area contributed by atoms with Gasteiger partial charge in [0.15, 0.2) is 0 Å².